The van der Waals surface area contributed by atoms with Crippen molar-refractivity contribution in [2.75, 3.05) is 6.54 Å². The Bertz CT molecular complexity index is 462. The number of aromatic nitrogens is 2. The van der Waals surface area contributed by atoms with Crippen LogP contribution >= 0.6 is 11.6 Å². The minimum absolute atomic E-state index is 0.741. The molecule has 0 spiro atoms. The van der Waals surface area contributed by atoms with Gasteiger partial charge in [-0.15, -0.1) is 0 Å². The summed E-state index contributed by atoms with van der Waals surface area (Å²) in [5.74, 6) is 0.884. The second-order valence-electron chi connectivity index (χ2n) is 3.94. The Morgan fingerprint density at radius 2 is 2.06 bits per heavy atom. The molecule has 0 aliphatic carbocycles. The van der Waals surface area contributed by atoms with Gasteiger partial charge in [0.1, 0.15) is 5.82 Å². The lowest BCUT2D eigenvalue weighted by Crippen LogP contribution is -2.13. The molecule has 0 aliphatic rings. The van der Waals surface area contributed by atoms with Gasteiger partial charge in [0.15, 0.2) is 0 Å². The first-order chi connectivity index (χ1) is 8.29. The van der Waals surface area contributed by atoms with E-state index in [4.69, 9.17) is 11.6 Å². The maximum Gasteiger partial charge on any atom is 0.137 e. The summed E-state index contributed by atoms with van der Waals surface area (Å²) in [6.07, 6.45) is 3.00. The van der Waals surface area contributed by atoms with E-state index in [1.807, 2.05) is 30.5 Å². The Hall–Kier alpha value is -1.32. The lowest BCUT2D eigenvalue weighted by molar-refractivity contribution is 0.667. The van der Waals surface area contributed by atoms with Crippen LogP contribution in [-0.4, -0.2) is 16.5 Å². The second kappa shape index (κ2) is 5.84. The molecule has 3 nitrogen and oxygen atoms in total. The summed E-state index contributed by atoms with van der Waals surface area (Å²) in [6.45, 7) is 4.00. The van der Waals surface area contributed by atoms with Crippen LogP contribution in [-0.2, 0) is 6.54 Å². The number of rotatable bonds is 5. The third-order valence-electron chi connectivity index (χ3n) is 2.49. The van der Waals surface area contributed by atoms with E-state index in [0.717, 1.165) is 41.6 Å². The number of halogens is 1. The third-order valence-corrected chi connectivity index (χ3v) is 2.74. The average Bonchev–Trinajstić information content (AvgIpc) is 2.79. The highest BCUT2D eigenvalue weighted by Crippen LogP contribution is 2.18. The van der Waals surface area contributed by atoms with E-state index in [2.05, 4.69) is 22.2 Å². The minimum atomic E-state index is 0.741. The van der Waals surface area contributed by atoms with E-state index < -0.39 is 0 Å². The van der Waals surface area contributed by atoms with Crippen LogP contribution in [0.4, 0.5) is 0 Å². The molecule has 0 fully saturated rings. The van der Waals surface area contributed by atoms with Crippen molar-refractivity contribution in [3.8, 4) is 11.4 Å². The number of H-pyrrole nitrogens is 1. The molecule has 1 heterocycles. The van der Waals surface area contributed by atoms with E-state index in [1.54, 1.807) is 0 Å². The van der Waals surface area contributed by atoms with Crippen molar-refractivity contribution in [2.45, 2.75) is 19.9 Å². The van der Waals surface area contributed by atoms with Gasteiger partial charge in [-0.1, -0.05) is 18.5 Å². The predicted molar refractivity (Wildman–Crippen MR) is 71.0 cm³/mol. The van der Waals surface area contributed by atoms with Crippen LogP contribution in [0.3, 0.4) is 0 Å². The fourth-order valence-corrected chi connectivity index (χ4v) is 1.73. The molecule has 0 saturated heterocycles. The smallest absolute Gasteiger partial charge is 0.137 e. The molecule has 1 aromatic heterocycles. The van der Waals surface area contributed by atoms with Crippen molar-refractivity contribution >= 4 is 11.6 Å². The SMILES string of the molecule is CCCNCc1cnc(-c2ccc(Cl)cc2)[nH]1. The molecule has 2 rings (SSSR count). The number of benzene rings is 1. The molecule has 2 N–H and O–H groups in total. The molecule has 0 saturated carbocycles. The molecule has 0 unspecified atom stereocenters. The molecular weight excluding hydrogens is 234 g/mol. The zero-order chi connectivity index (χ0) is 12.1. The summed E-state index contributed by atoms with van der Waals surface area (Å²) in [5, 5.41) is 4.07. The summed E-state index contributed by atoms with van der Waals surface area (Å²) < 4.78 is 0. The zero-order valence-corrected chi connectivity index (χ0v) is 10.6. The van der Waals surface area contributed by atoms with Crippen molar-refractivity contribution in [3.63, 3.8) is 0 Å². The fourth-order valence-electron chi connectivity index (χ4n) is 1.60. The molecule has 0 aliphatic heterocycles. The summed E-state index contributed by atoms with van der Waals surface area (Å²) in [5.41, 5.74) is 2.15. The number of hydrogen-bond donors (Lipinski definition) is 2. The van der Waals surface area contributed by atoms with E-state index in [0.29, 0.717) is 0 Å². The van der Waals surface area contributed by atoms with Crippen LogP contribution in [0.2, 0.25) is 5.02 Å². The Balaban J connectivity index is 2.04. The zero-order valence-electron chi connectivity index (χ0n) is 9.83. The molecular formula is C13H16ClN3. The van der Waals surface area contributed by atoms with Gasteiger partial charge in [0, 0.05) is 29.0 Å². The van der Waals surface area contributed by atoms with Gasteiger partial charge in [-0.25, -0.2) is 4.98 Å². The predicted octanol–water partition coefficient (Wildman–Crippen LogP) is 3.23. The topological polar surface area (TPSA) is 40.7 Å². The molecule has 0 atom stereocenters. The number of hydrogen-bond acceptors (Lipinski definition) is 2. The van der Waals surface area contributed by atoms with Crippen molar-refractivity contribution in [1.82, 2.24) is 15.3 Å². The standard InChI is InChI=1S/C13H16ClN3/c1-2-7-15-8-12-9-16-13(17-12)10-3-5-11(14)6-4-10/h3-6,9,15H,2,7-8H2,1H3,(H,16,17). The number of imidazole rings is 1. The van der Waals surface area contributed by atoms with Gasteiger partial charge >= 0.3 is 0 Å². The molecule has 0 radical (unpaired) electrons. The fraction of sp³-hybridized carbons (Fsp3) is 0.308. The first kappa shape index (κ1) is 12.1. The highest BCUT2D eigenvalue weighted by molar-refractivity contribution is 6.30. The van der Waals surface area contributed by atoms with E-state index >= 15 is 0 Å². The average molecular weight is 250 g/mol. The van der Waals surface area contributed by atoms with E-state index in [9.17, 15) is 0 Å². The summed E-state index contributed by atoms with van der Waals surface area (Å²) in [7, 11) is 0. The maximum atomic E-state index is 5.85. The molecule has 4 heteroatoms. The first-order valence-electron chi connectivity index (χ1n) is 5.80. The highest BCUT2D eigenvalue weighted by atomic mass is 35.5. The number of aromatic amines is 1. The highest BCUT2D eigenvalue weighted by Gasteiger charge is 2.02. The van der Waals surface area contributed by atoms with Crippen LogP contribution < -0.4 is 5.32 Å². The van der Waals surface area contributed by atoms with Gasteiger partial charge in [0.2, 0.25) is 0 Å². The first-order valence-corrected chi connectivity index (χ1v) is 6.18. The Labute approximate surface area is 106 Å². The maximum absolute atomic E-state index is 5.85. The normalized spacial score (nSPS) is 10.7. The monoisotopic (exact) mass is 249 g/mol. The quantitative estimate of drug-likeness (QED) is 0.799. The van der Waals surface area contributed by atoms with Crippen LogP contribution in [0.1, 0.15) is 19.0 Å². The van der Waals surface area contributed by atoms with Crippen molar-refractivity contribution in [3.05, 3.63) is 41.2 Å². The molecule has 1 aromatic carbocycles. The molecule has 2 aromatic rings. The Morgan fingerprint density at radius 1 is 1.29 bits per heavy atom. The summed E-state index contributed by atoms with van der Waals surface area (Å²) in [4.78, 5) is 7.65. The minimum Gasteiger partial charge on any atom is -0.341 e. The van der Waals surface area contributed by atoms with Crippen LogP contribution in [0.5, 0.6) is 0 Å². The van der Waals surface area contributed by atoms with E-state index in [1.165, 1.54) is 0 Å². The lowest BCUT2D eigenvalue weighted by Gasteiger charge is -1.99. The molecule has 90 valence electrons. The summed E-state index contributed by atoms with van der Waals surface area (Å²) >= 11 is 5.85. The summed E-state index contributed by atoms with van der Waals surface area (Å²) in [6, 6.07) is 7.66. The van der Waals surface area contributed by atoms with Crippen molar-refractivity contribution < 1.29 is 0 Å². The number of nitrogens with zero attached hydrogens (tertiary/aromatic N) is 1. The van der Waals surface area contributed by atoms with Crippen LogP contribution in [0.25, 0.3) is 11.4 Å². The lowest BCUT2D eigenvalue weighted by atomic mass is 10.2. The van der Waals surface area contributed by atoms with Gasteiger partial charge in [-0.05, 0) is 37.2 Å². The van der Waals surface area contributed by atoms with Gasteiger partial charge in [-0.2, -0.15) is 0 Å². The van der Waals surface area contributed by atoms with Crippen molar-refractivity contribution in [2.24, 2.45) is 0 Å². The second-order valence-corrected chi connectivity index (χ2v) is 4.38. The van der Waals surface area contributed by atoms with Gasteiger partial charge in [0.05, 0.1) is 0 Å². The van der Waals surface area contributed by atoms with Crippen LogP contribution in [0, 0.1) is 0 Å². The number of nitrogens with one attached hydrogen (secondary N) is 2. The van der Waals surface area contributed by atoms with E-state index in [-0.39, 0.29) is 0 Å². The Morgan fingerprint density at radius 3 is 2.76 bits per heavy atom. The molecule has 17 heavy (non-hydrogen) atoms. The van der Waals surface area contributed by atoms with Gasteiger partial charge in [-0.3, -0.25) is 0 Å². The van der Waals surface area contributed by atoms with Crippen molar-refractivity contribution in [1.29, 1.82) is 0 Å². The van der Waals surface area contributed by atoms with Crippen LogP contribution in [0.15, 0.2) is 30.5 Å². The third kappa shape index (κ3) is 3.32. The Kier molecular flexibility index (Phi) is 4.18. The largest absolute Gasteiger partial charge is 0.341 e. The van der Waals surface area contributed by atoms with Gasteiger partial charge < -0.3 is 10.3 Å². The molecule has 0 amide bonds. The molecule has 0 bridgehead atoms. The van der Waals surface area contributed by atoms with Gasteiger partial charge in [0.25, 0.3) is 0 Å².